The molecule has 5 heteroatoms. The molecule has 0 aromatic heterocycles. The van der Waals surface area contributed by atoms with Crippen LogP contribution >= 0.6 is 0 Å². The molecule has 146 valence electrons. The van der Waals surface area contributed by atoms with Gasteiger partial charge in [0.15, 0.2) is 0 Å². The number of hydrogen-bond donors (Lipinski definition) is 1. The van der Waals surface area contributed by atoms with Crippen molar-refractivity contribution in [2.24, 2.45) is 5.92 Å². The van der Waals surface area contributed by atoms with Gasteiger partial charge in [0.1, 0.15) is 5.75 Å². The fourth-order valence-corrected chi connectivity index (χ4v) is 3.51. The van der Waals surface area contributed by atoms with Crippen LogP contribution in [0, 0.1) is 17.2 Å². The Morgan fingerprint density at radius 3 is 2.68 bits per heavy atom. The van der Waals surface area contributed by atoms with Crippen LogP contribution in [0.5, 0.6) is 5.75 Å². The number of nitriles is 1. The number of piperidine rings is 1. The van der Waals surface area contributed by atoms with E-state index in [2.05, 4.69) is 11.4 Å². The number of benzene rings is 2. The van der Waals surface area contributed by atoms with E-state index in [-0.39, 0.29) is 5.91 Å². The van der Waals surface area contributed by atoms with Gasteiger partial charge in [-0.25, -0.2) is 0 Å². The molecule has 3 rings (SSSR count). The van der Waals surface area contributed by atoms with Crippen molar-refractivity contribution in [3.8, 4) is 22.9 Å². The van der Waals surface area contributed by atoms with E-state index in [1.807, 2.05) is 36.4 Å². The van der Waals surface area contributed by atoms with Gasteiger partial charge in [-0.3, -0.25) is 4.79 Å². The average molecular weight is 377 g/mol. The van der Waals surface area contributed by atoms with Gasteiger partial charge in [0.2, 0.25) is 0 Å². The fourth-order valence-electron chi connectivity index (χ4n) is 3.51. The van der Waals surface area contributed by atoms with Crippen molar-refractivity contribution >= 4 is 5.91 Å². The molecule has 2 aromatic carbocycles. The maximum absolute atomic E-state index is 12.5. The second-order valence-corrected chi connectivity index (χ2v) is 7.47. The monoisotopic (exact) mass is 377 g/mol. The Labute approximate surface area is 166 Å². The molecule has 1 aliphatic heterocycles. The Bertz CT molecular complexity index is 864. The molecule has 0 aliphatic carbocycles. The van der Waals surface area contributed by atoms with Gasteiger partial charge in [-0.2, -0.15) is 5.26 Å². The summed E-state index contributed by atoms with van der Waals surface area (Å²) >= 11 is 0. The molecule has 2 aromatic rings. The predicted octanol–water partition coefficient (Wildman–Crippen LogP) is 3.70. The van der Waals surface area contributed by atoms with Crippen LogP contribution in [0.4, 0.5) is 0 Å². The highest BCUT2D eigenvalue weighted by Gasteiger charge is 2.15. The summed E-state index contributed by atoms with van der Waals surface area (Å²) in [6, 6.07) is 15.2. The quantitative estimate of drug-likeness (QED) is 0.834. The second kappa shape index (κ2) is 9.38. The molecule has 0 bridgehead atoms. The van der Waals surface area contributed by atoms with Crippen LogP contribution in [0.2, 0.25) is 0 Å². The number of rotatable bonds is 6. The van der Waals surface area contributed by atoms with Crippen LogP contribution < -0.4 is 10.1 Å². The largest absolute Gasteiger partial charge is 0.494 e. The lowest BCUT2D eigenvalue weighted by molar-refractivity contribution is 0.0827. The molecular formula is C23H27N3O2. The van der Waals surface area contributed by atoms with Gasteiger partial charge in [-0.1, -0.05) is 12.1 Å². The molecule has 0 spiro atoms. The van der Waals surface area contributed by atoms with Crippen molar-refractivity contribution in [3.05, 3.63) is 53.6 Å². The smallest absolute Gasteiger partial charge is 0.253 e. The molecule has 1 amide bonds. The lowest BCUT2D eigenvalue weighted by atomic mass is 9.95. The number of nitrogens with one attached hydrogen (secondary N) is 1. The van der Waals surface area contributed by atoms with E-state index in [0.29, 0.717) is 29.4 Å². The van der Waals surface area contributed by atoms with Gasteiger partial charge >= 0.3 is 0 Å². The van der Waals surface area contributed by atoms with Crippen LogP contribution in [-0.4, -0.2) is 44.6 Å². The van der Waals surface area contributed by atoms with Gasteiger partial charge in [-0.15, -0.1) is 0 Å². The summed E-state index contributed by atoms with van der Waals surface area (Å²) in [6.45, 7) is 2.80. The summed E-state index contributed by atoms with van der Waals surface area (Å²) in [5, 5.41) is 12.6. The summed E-state index contributed by atoms with van der Waals surface area (Å²) in [5.74, 6) is 1.32. The van der Waals surface area contributed by atoms with Crippen molar-refractivity contribution in [1.82, 2.24) is 10.2 Å². The lowest BCUT2D eigenvalue weighted by Gasteiger charge is -2.22. The molecule has 0 unspecified atom stereocenters. The van der Waals surface area contributed by atoms with Crippen molar-refractivity contribution in [1.29, 1.82) is 5.26 Å². The van der Waals surface area contributed by atoms with Crippen molar-refractivity contribution < 1.29 is 9.53 Å². The zero-order valence-corrected chi connectivity index (χ0v) is 16.6. The van der Waals surface area contributed by atoms with Crippen LogP contribution in [0.15, 0.2) is 42.5 Å². The van der Waals surface area contributed by atoms with Gasteiger partial charge in [-0.05, 0) is 79.7 Å². The summed E-state index contributed by atoms with van der Waals surface area (Å²) in [4.78, 5) is 14.1. The van der Waals surface area contributed by atoms with Crippen molar-refractivity contribution in [3.63, 3.8) is 0 Å². The summed E-state index contributed by atoms with van der Waals surface area (Å²) in [6.07, 6.45) is 3.40. The molecule has 28 heavy (non-hydrogen) atoms. The second-order valence-electron chi connectivity index (χ2n) is 7.47. The molecule has 1 saturated heterocycles. The third-order valence-electron chi connectivity index (χ3n) is 5.14. The zero-order valence-electron chi connectivity index (χ0n) is 16.6. The highest BCUT2D eigenvalue weighted by Crippen LogP contribution is 2.28. The minimum absolute atomic E-state index is 0.0681. The standard InChI is InChI=1S/C23H27N3O2/c1-26(2)23(27)21-13-20(19-5-3-4-18(12-19)16-24)14-22(15-21)28-11-8-17-6-9-25-10-7-17/h3-5,12-15,17,25H,6-11H2,1-2H3. The first kappa shape index (κ1) is 19.9. The molecule has 0 atom stereocenters. The van der Waals surface area contributed by atoms with Crippen LogP contribution in [-0.2, 0) is 0 Å². The summed E-state index contributed by atoms with van der Waals surface area (Å²) in [5.41, 5.74) is 2.95. The Hall–Kier alpha value is -2.84. The number of hydrogen-bond acceptors (Lipinski definition) is 4. The first-order valence-corrected chi connectivity index (χ1v) is 9.77. The number of nitrogens with zero attached hydrogens (tertiary/aromatic N) is 2. The normalized spacial score (nSPS) is 14.3. The van der Waals surface area contributed by atoms with Crippen LogP contribution in [0.3, 0.4) is 0 Å². The zero-order chi connectivity index (χ0) is 19.9. The van der Waals surface area contributed by atoms with E-state index in [1.165, 1.54) is 12.8 Å². The fraction of sp³-hybridized carbons (Fsp3) is 0.391. The van der Waals surface area contributed by atoms with Crippen LogP contribution in [0.1, 0.15) is 35.2 Å². The molecule has 0 saturated carbocycles. The molecular weight excluding hydrogens is 350 g/mol. The first-order chi connectivity index (χ1) is 13.6. The summed E-state index contributed by atoms with van der Waals surface area (Å²) < 4.78 is 6.04. The molecule has 5 nitrogen and oxygen atoms in total. The molecule has 1 aliphatic rings. The van der Waals surface area contributed by atoms with Gasteiger partial charge in [0.05, 0.1) is 18.2 Å². The minimum Gasteiger partial charge on any atom is -0.494 e. The highest BCUT2D eigenvalue weighted by atomic mass is 16.5. The Kier molecular flexibility index (Phi) is 6.67. The molecule has 0 radical (unpaired) electrons. The van der Waals surface area contributed by atoms with E-state index in [9.17, 15) is 10.1 Å². The Morgan fingerprint density at radius 1 is 1.18 bits per heavy atom. The maximum Gasteiger partial charge on any atom is 0.253 e. The molecule has 1 fully saturated rings. The highest BCUT2D eigenvalue weighted by molar-refractivity contribution is 5.95. The topological polar surface area (TPSA) is 65.4 Å². The van der Waals surface area contributed by atoms with E-state index in [1.54, 1.807) is 25.1 Å². The molecule has 1 heterocycles. The SMILES string of the molecule is CN(C)C(=O)c1cc(OCCC2CCNCC2)cc(-c2cccc(C#N)c2)c1. The van der Waals surface area contributed by atoms with E-state index in [0.717, 1.165) is 30.6 Å². The summed E-state index contributed by atoms with van der Waals surface area (Å²) in [7, 11) is 3.48. The number of carbonyl (C=O) groups excluding carboxylic acids is 1. The lowest BCUT2D eigenvalue weighted by Crippen LogP contribution is -2.28. The Morgan fingerprint density at radius 2 is 1.96 bits per heavy atom. The Balaban J connectivity index is 1.82. The van der Waals surface area contributed by atoms with Crippen LogP contribution in [0.25, 0.3) is 11.1 Å². The third kappa shape index (κ3) is 5.11. The van der Waals surface area contributed by atoms with Crippen molar-refractivity contribution in [2.45, 2.75) is 19.3 Å². The van der Waals surface area contributed by atoms with Gasteiger partial charge in [0, 0.05) is 19.7 Å². The van der Waals surface area contributed by atoms with E-state index >= 15 is 0 Å². The number of ether oxygens (including phenoxy) is 1. The number of carbonyl (C=O) groups is 1. The first-order valence-electron chi connectivity index (χ1n) is 9.77. The third-order valence-corrected chi connectivity index (χ3v) is 5.14. The van der Waals surface area contributed by atoms with Gasteiger partial charge in [0.25, 0.3) is 5.91 Å². The maximum atomic E-state index is 12.5. The molecule has 1 N–H and O–H groups in total. The van der Waals surface area contributed by atoms with E-state index < -0.39 is 0 Å². The van der Waals surface area contributed by atoms with E-state index in [4.69, 9.17) is 4.74 Å². The van der Waals surface area contributed by atoms with Crippen molar-refractivity contribution in [2.75, 3.05) is 33.8 Å². The van der Waals surface area contributed by atoms with Gasteiger partial charge < -0.3 is 15.0 Å². The average Bonchev–Trinajstić information content (AvgIpc) is 2.73. The minimum atomic E-state index is -0.0681. The number of amides is 1. The predicted molar refractivity (Wildman–Crippen MR) is 110 cm³/mol.